The first-order valence-corrected chi connectivity index (χ1v) is 16.9. The molecule has 3 heterocycles. The highest BCUT2D eigenvalue weighted by molar-refractivity contribution is 7.10. The van der Waals surface area contributed by atoms with Crippen molar-refractivity contribution in [2.45, 2.75) is 25.8 Å². The maximum atomic E-state index is 13.8. The first-order chi connectivity index (χ1) is 23.3. The van der Waals surface area contributed by atoms with Crippen LogP contribution in [0.4, 0.5) is 20.8 Å². The number of non-ortho nitro benzene ring substituents is 1. The van der Waals surface area contributed by atoms with Crippen molar-refractivity contribution in [2.75, 3.05) is 63.1 Å². The summed E-state index contributed by atoms with van der Waals surface area (Å²) < 4.78 is 24.1. The lowest BCUT2D eigenvalue weighted by atomic mass is 9.81. The summed E-state index contributed by atoms with van der Waals surface area (Å²) in [5.74, 6) is -1.26. The summed E-state index contributed by atoms with van der Waals surface area (Å²) in [6, 6.07) is 23.2. The Morgan fingerprint density at radius 1 is 1.08 bits per heavy atom. The molecule has 6 rings (SSSR count). The molecule has 12 heteroatoms. The number of nitro benzene ring substituents is 1. The quantitative estimate of drug-likeness (QED) is 0.109. The Bertz CT molecular complexity index is 1770. The van der Waals surface area contributed by atoms with Crippen molar-refractivity contribution in [3.8, 4) is 0 Å². The fourth-order valence-corrected chi connectivity index (χ4v) is 7.33. The van der Waals surface area contributed by atoms with Crippen molar-refractivity contribution >= 4 is 33.9 Å². The Morgan fingerprint density at radius 3 is 2.56 bits per heavy atom. The van der Waals surface area contributed by atoms with Crippen molar-refractivity contribution in [2.24, 2.45) is 0 Å². The first-order valence-electron chi connectivity index (χ1n) is 16.1. The summed E-state index contributed by atoms with van der Waals surface area (Å²) in [6.07, 6.45) is 0.654. The van der Waals surface area contributed by atoms with Gasteiger partial charge in [-0.2, -0.15) is 4.37 Å². The molecule has 4 aromatic rings. The van der Waals surface area contributed by atoms with E-state index in [1.165, 1.54) is 35.3 Å². The molecule has 1 N–H and O–H groups in total. The maximum Gasteiger partial charge on any atom is 0.336 e. The van der Waals surface area contributed by atoms with Crippen LogP contribution in [0.25, 0.3) is 0 Å². The molecule has 2 aliphatic heterocycles. The van der Waals surface area contributed by atoms with Crippen molar-refractivity contribution in [1.29, 1.82) is 0 Å². The molecule has 1 fully saturated rings. The lowest BCUT2D eigenvalue weighted by Gasteiger charge is -2.36. The highest BCUT2D eigenvalue weighted by Gasteiger charge is 2.37. The molecule has 1 unspecified atom stereocenters. The molecule has 1 saturated heterocycles. The first kappa shape index (κ1) is 33.3. The Morgan fingerprint density at radius 2 is 1.83 bits per heavy atom. The number of hydrogen-bond acceptors (Lipinski definition) is 10. The van der Waals surface area contributed by atoms with Gasteiger partial charge in [0.1, 0.15) is 17.4 Å². The van der Waals surface area contributed by atoms with Crippen LogP contribution in [0.15, 0.2) is 90.1 Å². The number of carbonyl (C=O) groups is 1. The van der Waals surface area contributed by atoms with Crippen LogP contribution < -0.4 is 10.2 Å². The predicted molar refractivity (Wildman–Crippen MR) is 186 cm³/mol. The van der Waals surface area contributed by atoms with E-state index in [-0.39, 0.29) is 18.1 Å². The number of nitrogens with one attached hydrogen (secondary N) is 1. The lowest BCUT2D eigenvalue weighted by molar-refractivity contribution is -0.384. The second-order valence-corrected chi connectivity index (χ2v) is 13.0. The van der Waals surface area contributed by atoms with E-state index in [2.05, 4.69) is 32.1 Å². The van der Waals surface area contributed by atoms with Crippen LogP contribution in [-0.4, -0.2) is 78.0 Å². The smallest absolute Gasteiger partial charge is 0.336 e. The Kier molecular flexibility index (Phi) is 10.4. The number of fused-ring (bicyclic) bond motifs is 1. The van der Waals surface area contributed by atoms with Gasteiger partial charge in [-0.1, -0.05) is 42.5 Å². The fourth-order valence-electron chi connectivity index (χ4n) is 6.41. The Labute approximate surface area is 283 Å². The van der Waals surface area contributed by atoms with Crippen molar-refractivity contribution < 1.29 is 18.8 Å². The number of nitrogens with zero attached hydrogens (tertiary/aromatic N) is 5. The summed E-state index contributed by atoms with van der Waals surface area (Å²) >= 11 is 1.34. The van der Waals surface area contributed by atoms with E-state index in [0.717, 1.165) is 61.2 Å². The zero-order valence-corrected chi connectivity index (χ0v) is 27.9. The SMILES string of the molecule is CC1=C(C(=O)OCCN(C)Cc2ccccc2)C(c2cccc([N+](=O)[O-])c2)c2c(CCN3CCN(c4ccc(F)cc4)CC3)nsc2N1. The van der Waals surface area contributed by atoms with Crippen LogP contribution in [-0.2, 0) is 22.5 Å². The normalized spacial score (nSPS) is 16.5. The zero-order valence-electron chi connectivity index (χ0n) is 27.1. The highest BCUT2D eigenvalue weighted by Crippen LogP contribution is 2.46. The number of piperazine rings is 1. The van der Waals surface area contributed by atoms with E-state index in [9.17, 15) is 19.3 Å². The van der Waals surface area contributed by atoms with Gasteiger partial charge in [-0.15, -0.1) is 0 Å². The van der Waals surface area contributed by atoms with Gasteiger partial charge in [-0.05, 0) is 60.9 Å². The van der Waals surface area contributed by atoms with Gasteiger partial charge in [0.25, 0.3) is 5.69 Å². The zero-order chi connectivity index (χ0) is 33.6. The minimum absolute atomic E-state index is 0.0377. The minimum atomic E-state index is -0.570. The van der Waals surface area contributed by atoms with Gasteiger partial charge in [0.15, 0.2) is 0 Å². The van der Waals surface area contributed by atoms with Gasteiger partial charge in [0.05, 0.1) is 16.2 Å². The number of hydrogen-bond donors (Lipinski definition) is 1. The van der Waals surface area contributed by atoms with Crippen molar-refractivity contribution in [1.82, 2.24) is 14.2 Å². The fraction of sp³-hybridized carbons (Fsp3) is 0.333. The minimum Gasteiger partial charge on any atom is -0.461 e. The average molecular weight is 671 g/mol. The molecule has 1 atom stereocenters. The number of rotatable bonds is 12. The second-order valence-electron chi connectivity index (χ2n) is 12.2. The molecule has 0 spiro atoms. The van der Waals surface area contributed by atoms with Crippen LogP contribution in [0.5, 0.6) is 0 Å². The standard InChI is InChI=1S/C36H39FN6O4S/c1-25-32(36(44)47-22-21-40(2)24-26-7-4-3-5-8-26)33(27-9-6-10-30(23-27)43(45)46)34-31(39-48-35(34)38-25)15-16-41-17-19-42(20-18-41)29-13-11-28(37)12-14-29/h3-14,23,33,38H,15-22,24H2,1-2H3. The predicted octanol–water partition coefficient (Wildman–Crippen LogP) is 6.06. The van der Waals surface area contributed by atoms with Crippen LogP contribution in [0.2, 0.25) is 0 Å². The van der Waals surface area contributed by atoms with Gasteiger partial charge in [0.2, 0.25) is 0 Å². The highest BCUT2D eigenvalue weighted by atomic mass is 32.1. The molecule has 1 aromatic heterocycles. The number of esters is 1. The number of benzene rings is 3. The van der Waals surface area contributed by atoms with E-state index in [1.54, 1.807) is 12.1 Å². The molecule has 10 nitrogen and oxygen atoms in total. The monoisotopic (exact) mass is 670 g/mol. The van der Waals surface area contributed by atoms with E-state index < -0.39 is 16.8 Å². The number of nitro groups is 1. The molecule has 0 saturated carbocycles. The summed E-state index contributed by atoms with van der Waals surface area (Å²) in [6.45, 7) is 7.45. The average Bonchev–Trinajstić information content (AvgIpc) is 3.49. The largest absolute Gasteiger partial charge is 0.461 e. The van der Waals surface area contributed by atoms with E-state index >= 15 is 0 Å². The van der Waals surface area contributed by atoms with Gasteiger partial charge >= 0.3 is 5.97 Å². The van der Waals surface area contributed by atoms with E-state index in [4.69, 9.17) is 9.11 Å². The van der Waals surface area contributed by atoms with Gasteiger partial charge in [0, 0.05) is 87.2 Å². The molecule has 0 bridgehead atoms. The van der Waals surface area contributed by atoms with E-state index in [0.29, 0.717) is 29.8 Å². The molecule has 250 valence electrons. The van der Waals surface area contributed by atoms with Gasteiger partial charge in [-0.3, -0.25) is 19.9 Å². The topological polar surface area (TPSA) is 104 Å². The third-order valence-corrected chi connectivity index (χ3v) is 9.77. The van der Waals surface area contributed by atoms with Crippen LogP contribution >= 0.6 is 11.5 Å². The number of carbonyl (C=O) groups excluding carboxylic acids is 1. The Balaban J connectivity index is 1.18. The van der Waals surface area contributed by atoms with Gasteiger partial charge < -0.3 is 15.0 Å². The number of aromatic nitrogens is 1. The van der Waals surface area contributed by atoms with Crippen LogP contribution in [0.1, 0.15) is 35.2 Å². The van der Waals surface area contributed by atoms with Crippen molar-refractivity contribution in [3.05, 3.63) is 128 Å². The molecule has 0 radical (unpaired) electrons. The summed E-state index contributed by atoms with van der Waals surface area (Å²) in [4.78, 5) is 31.9. The number of ether oxygens (including phenoxy) is 1. The third-order valence-electron chi connectivity index (χ3n) is 8.95. The summed E-state index contributed by atoms with van der Waals surface area (Å²) in [7, 11) is 1.98. The molecule has 0 amide bonds. The van der Waals surface area contributed by atoms with E-state index in [1.807, 2.05) is 50.4 Å². The Hall–Kier alpha value is -4.65. The molecule has 0 aliphatic carbocycles. The molecule has 2 aliphatic rings. The second kappa shape index (κ2) is 15.1. The van der Waals surface area contributed by atoms with Crippen LogP contribution in [0.3, 0.4) is 0 Å². The summed E-state index contributed by atoms with van der Waals surface area (Å²) in [5.41, 5.74) is 5.60. The molecule has 3 aromatic carbocycles. The van der Waals surface area contributed by atoms with Gasteiger partial charge in [-0.25, -0.2) is 9.18 Å². The lowest BCUT2D eigenvalue weighted by Crippen LogP contribution is -2.47. The molecule has 48 heavy (non-hydrogen) atoms. The molecular weight excluding hydrogens is 631 g/mol. The van der Waals surface area contributed by atoms with Crippen LogP contribution in [0, 0.1) is 15.9 Å². The number of likely N-dealkylation sites (N-methyl/N-ethyl adjacent to an activating group) is 1. The number of anilines is 2. The van der Waals surface area contributed by atoms with Crippen molar-refractivity contribution in [3.63, 3.8) is 0 Å². The molecular formula is C36H39FN6O4S. The number of allylic oxidation sites excluding steroid dienone is 1. The third kappa shape index (κ3) is 7.73. The summed E-state index contributed by atoms with van der Waals surface area (Å²) in [5, 5.41) is 16.0. The maximum absolute atomic E-state index is 13.8. The number of halogens is 1.